The fourth-order valence-corrected chi connectivity index (χ4v) is 1.43. The van der Waals surface area contributed by atoms with Gasteiger partial charge in [-0.3, -0.25) is 9.59 Å². The third-order valence-corrected chi connectivity index (χ3v) is 2.48. The van der Waals surface area contributed by atoms with E-state index in [4.69, 9.17) is 4.74 Å². The van der Waals surface area contributed by atoms with Crippen molar-refractivity contribution in [1.29, 1.82) is 0 Å². The summed E-state index contributed by atoms with van der Waals surface area (Å²) in [4.78, 5) is 22.3. The van der Waals surface area contributed by atoms with Gasteiger partial charge in [0.25, 0.3) is 5.91 Å². The maximum absolute atomic E-state index is 11.7. The molecule has 0 radical (unpaired) electrons. The second-order valence-corrected chi connectivity index (χ2v) is 4.14. The van der Waals surface area contributed by atoms with Crippen molar-refractivity contribution in [3.63, 3.8) is 0 Å². The molecule has 0 bridgehead atoms. The average molecular weight is 261 g/mol. The summed E-state index contributed by atoms with van der Waals surface area (Å²) in [5.74, 6) is -0.424. The van der Waals surface area contributed by atoms with Crippen LogP contribution in [0.5, 0.6) is 0 Å². The van der Waals surface area contributed by atoms with E-state index in [0.717, 1.165) is 18.4 Å². The molecule has 0 unspecified atom stereocenters. The van der Waals surface area contributed by atoms with Gasteiger partial charge in [-0.25, -0.2) is 0 Å². The molecule has 1 rings (SSSR count). The van der Waals surface area contributed by atoms with Crippen LogP contribution in [-0.4, -0.2) is 18.4 Å². The Morgan fingerprint density at radius 2 is 1.95 bits per heavy atom. The van der Waals surface area contributed by atoms with Gasteiger partial charge in [-0.2, -0.15) is 0 Å². The van der Waals surface area contributed by atoms with Crippen LogP contribution in [0.3, 0.4) is 0 Å². The third-order valence-electron chi connectivity index (χ3n) is 2.48. The summed E-state index contributed by atoms with van der Waals surface area (Å²) in [7, 11) is 0. The number of unbranched alkanes of at least 4 members (excludes halogenated alkanes) is 1. The largest absolute Gasteiger partial charge is 0.435 e. The van der Waals surface area contributed by atoms with Gasteiger partial charge in [0.2, 0.25) is 0 Å². The Balaban J connectivity index is 2.53. The lowest BCUT2D eigenvalue weighted by Crippen LogP contribution is -2.24. The van der Waals surface area contributed by atoms with Gasteiger partial charge < -0.3 is 10.1 Å². The Hall–Kier alpha value is -2.10. The molecule has 0 aromatic heterocycles. The molecular weight excluding hydrogens is 242 g/mol. The van der Waals surface area contributed by atoms with Crippen LogP contribution in [-0.2, 0) is 9.53 Å². The van der Waals surface area contributed by atoms with Crippen LogP contribution in [0.15, 0.2) is 30.5 Å². The maximum atomic E-state index is 11.7. The number of rotatable bonds is 6. The molecule has 0 aliphatic rings. The van der Waals surface area contributed by atoms with Crippen LogP contribution < -0.4 is 5.32 Å². The van der Waals surface area contributed by atoms with Crippen LogP contribution >= 0.6 is 0 Å². The van der Waals surface area contributed by atoms with Gasteiger partial charge in [0, 0.05) is 19.0 Å². The first-order chi connectivity index (χ1) is 9.13. The highest BCUT2D eigenvalue weighted by Crippen LogP contribution is 2.06. The number of nitrogens with one attached hydrogen (secondary N) is 1. The van der Waals surface area contributed by atoms with Crippen molar-refractivity contribution in [2.24, 2.45) is 0 Å². The molecule has 0 aliphatic carbocycles. The molecule has 0 atom stereocenters. The van der Waals surface area contributed by atoms with Crippen molar-refractivity contribution in [3.8, 4) is 0 Å². The Kier molecular flexibility index (Phi) is 6.36. The van der Waals surface area contributed by atoms with Crippen LogP contribution in [0.2, 0.25) is 0 Å². The van der Waals surface area contributed by atoms with E-state index in [1.807, 2.05) is 0 Å². The monoisotopic (exact) mass is 261 g/mol. The second kappa shape index (κ2) is 8.08. The Bertz CT molecular complexity index is 449. The average Bonchev–Trinajstić information content (AvgIpc) is 2.39. The van der Waals surface area contributed by atoms with Gasteiger partial charge in [0.05, 0.1) is 6.26 Å². The lowest BCUT2D eigenvalue weighted by Gasteiger charge is -2.04. The SMILES string of the molecule is CCCCNC(=O)c1ccc(/C=C/OC(C)=O)cc1. The van der Waals surface area contributed by atoms with Gasteiger partial charge in [0.1, 0.15) is 0 Å². The topological polar surface area (TPSA) is 55.4 Å². The Labute approximate surface area is 113 Å². The van der Waals surface area contributed by atoms with E-state index in [9.17, 15) is 9.59 Å². The van der Waals surface area contributed by atoms with Gasteiger partial charge in [0.15, 0.2) is 0 Å². The standard InChI is InChI=1S/C15H19NO3/c1-3-4-10-16-15(18)14-7-5-13(6-8-14)9-11-19-12(2)17/h5-9,11H,3-4,10H2,1-2H3,(H,16,18)/b11-9+. The maximum Gasteiger partial charge on any atom is 0.307 e. The zero-order chi connectivity index (χ0) is 14.1. The molecule has 0 saturated heterocycles. The number of hydrogen-bond acceptors (Lipinski definition) is 3. The number of hydrogen-bond donors (Lipinski definition) is 1. The predicted molar refractivity (Wildman–Crippen MR) is 74.5 cm³/mol. The quantitative estimate of drug-likeness (QED) is 0.486. The predicted octanol–water partition coefficient (Wildman–Crippen LogP) is 2.75. The first-order valence-electron chi connectivity index (χ1n) is 6.35. The lowest BCUT2D eigenvalue weighted by atomic mass is 10.1. The van der Waals surface area contributed by atoms with Crippen molar-refractivity contribution in [1.82, 2.24) is 5.32 Å². The minimum atomic E-state index is -0.358. The van der Waals surface area contributed by atoms with E-state index in [1.54, 1.807) is 30.3 Å². The fourth-order valence-electron chi connectivity index (χ4n) is 1.43. The van der Waals surface area contributed by atoms with Gasteiger partial charge in [-0.1, -0.05) is 25.5 Å². The van der Waals surface area contributed by atoms with Gasteiger partial charge >= 0.3 is 5.97 Å². The minimum Gasteiger partial charge on any atom is -0.435 e. The first-order valence-corrected chi connectivity index (χ1v) is 6.35. The molecule has 1 aromatic rings. The van der Waals surface area contributed by atoms with Crippen LogP contribution in [0.25, 0.3) is 6.08 Å². The number of amides is 1. The van der Waals surface area contributed by atoms with E-state index < -0.39 is 0 Å². The highest BCUT2D eigenvalue weighted by atomic mass is 16.5. The van der Waals surface area contributed by atoms with Crippen molar-refractivity contribution in [3.05, 3.63) is 41.7 Å². The molecule has 1 aromatic carbocycles. The number of ether oxygens (including phenoxy) is 1. The number of carbonyl (C=O) groups excluding carboxylic acids is 2. The summed E-state index contributed by atoms with van der Waals surface area (Å²) in [6.45, 7) is 4.12. The Morgan fingerprint density at radius 3 is 2.53 bits per heavy atom. The molecule has 0 heterocycles. The summed E-state index contributed by atoms with van der Waals surface area (Å²) in [6, 6.07) is 7.09. The molecule has 19 heavy (non-hydrogen) atoms. The van der Waals surface area contributed by atoms with Crippen LogP contribution in [0.4, 0.5) is 0 Å². The van der Waals surface area contributed by atoms with Crippen LogP contribution in [0.1, 0.15) is 42.6 Å². The van der Waals surface area contributed by atoms with E-state index in [0.29, 0.717) is 12.1 Å². The highest BCUT2D eigenvalue weighted by molar-refractivity contribution is 5.94. The molecule has 4 nitrogen and oxygen atoms in total. The zero-order valence-corrected chi connectivity index (χ0v) is 11.3. The molecule has 1 amide bonds. The summed E-state index contributed by atoms with van der Waals surface area (Å²) >= 11 is 0. The van der Waals surface area contributed by atoms with Crippen molar-refractivity contribution in [2.45, 2.75) is 26.7 Å². The number of benzene rings is 1. The third kappa shape index (κ3) is 5.86. The number of esters is 1. The van der Waals surface area contributed by atoms with Crippen molar-refractivity contribution < 1.29 is 14.3 Å². The van der Waals surface area contributed by atoms with Gasteiger partial charge in [-0.05, 0) is 30.2 Å². The lowest BCUT2D eigenvalue weighted by molar-refractivity contribution is -0.135. The molecule has 1 N–H and O–H groups in total. The molecule has 0 aliphatic heterocycles. The number of carbonyl (C=O) groups is 2. The summed E-state index contributed by atoms with van der Waals surface area (Å²) in [5, 5.41) is 2.85. The zero-order valence-electron chi connectivity index (χ0n) is 11.3. The summed E-state index contributed by atoms with van der Waals surface area (Å²) in [6.07, 6.45) is 5.04. The van der Waals surface area contributed by atoms with Crippen molar-refractivity contribution >= 4 is 18.0 Å². The van der Waals surface area contributed by atoms with E-state index in [1.165, 1.54) is 13.2 Å². The molecular formula is C15H19NO3. The molecule has 0 spiro atoms. The van der Waals surface area contributed by atoms with E-state index >= 15 is 0 Å². The molecule has 0 fully saturated rings. The van der Waals surface area contributed by atoms with Crippen LogP contribution in [0, 0.1) is 0 Å². The second-order valence-electron chi connectivity index (χ2n) is 4.14. The minimum absolute atomic E-state index is 0.0658. The first kappa shape index (κ1) is 15.0. The van der Waals surface area contributed by atoms with E-state index in [-0.39, 0.29) is 11.9 Å². The molecule has 0 saturated carbocycles. The highest BCUT2D eigenvalue weighted by Gasteiger charge is 2.03. The van der Waals surface area contributed by atoms with Crippen molar-refractivity contribution in [2.75, 3.05) is 6.54 Å². The summed E-state index contributed by atoms with van der Waals surface area (Å²) < 4.78 is 4.69. The molecule has 4 heteroatoms. The van der Waals surface area contributed by atoms with Gasteiger partial charge in [-0.15, -0.1) is 0 Å². The fraction of sp³-hybridized carbons (Fsp3) is 0.333. The Morgan fingerprint density at radius 1 is 1.26 bits per heavy atom. The summed E-state index contributed by atoms with van der Waals surface area (Å²) in [5.41, 5.74) is 1.49. The normalized spacial score (nSPS) is 10.4. The smallest absolute Gasteiger partial charge is 0.307 e. The molecule has 102 valence electrons. The van der Waals surface area contributed by atoms with E-state index in [2.05, 4.69) is 12.2 Å².